The molecule has 0 radical (unpaired) electrons. The van der Waals surface area contributed by atoms with Gasteiger partial charge in [0.25, 0.3) is 0 Å². The fourth-order valence-electron chi connectivity index (χ4n) is 0.755. The summed E-state index contributed by atoms with van der Waals surface area (Å²) in [6, 6.07) is 0. The van der Waals surface area contributed by atoms with Gasteiger partial charge < -0.3 is 5.11 Å². The molecule has 0 aliphatic carbocycles. The van der Waals surface area contributed by atoms with Crippen LogP contribution in [0.5, 0.6) is 0 Å². The van der Waals surface area contributed by atoms with Crippen molar-refractivity contribution in [2.24, 2.45) is 0 Å². The van der Waals surface area contributed by atoms with E-state index in [0.29, 0.717) is 0 Å². The second kappa shape index (κ2) is 9.53. The zero-order chi connectivity index (χ0) is 12.5. The highest BCUT2D eigenvalue weighted by Crippen LogP contribution is 2.13. The van der Waals surface area contributed by atoms with Gasteiger partial charge in [0.2, 0.25) is 0 Å². The lowest BCUT2D eigenvalue weighted by Gasteiger charge is -2.16. The van der Waals surface area contributed by atoms with Crippen LogP contribution in [-0.2, 0) is 0 Å². The summed E-state index contributed by atoms with van der Waals surface area (Å²) in [5.74, 6) is 0. The molecule has 1 nitrogen and oxygen atoms in total. The first kappa shape index (κ1) is 17.7. The Morgan fingerprint density at radius 1 is 1.40 bits per heavy atom. The fraction of sp³-hybridized carbons (Fsp3) is 0.636. The molecule has 1 unspecified atom stereocenters. The molecule has 0 saturated carbocycles. The molecular formula is C11H19Cl3O. The largest absolute Gasteiger partial charge is 0.386 e. The van der Waals surface area contributed by atoms with Crippen LogP contribution in [-0.4, -0.2) is 15.0 Å². The molecular weight excluding hydrogens is 254 g/mol. The fourth-order valence-corrected chi connectivity index (χ4v) is 0.755. The van der Waals surface area contributed by atoms with Gasteiger partial charge in [0.15, 0.2) is 4.30 Å². The molecule has 0 aromatic rings. The van der Waals surface area contributed by atoms with Gasteiger partial charge >= 0.3 is 0 Å². The van der Waals surface area contributed by atoms with Crippen LogP contribution < -0.4 is 0 Å². The normalized spacial score (nSPS) is 13.6. The van der Waals surface area contributed by atoms with Crippen LogP contribution in [0, 0.1) is 0 Å². The molecule has 0 aliphatic rings. The van der Waals surface area contributed by atoms with Crippen molar-refractivity contribution in [3.63, 3.8) is 0 Å². The highest BCUT2D eigenvalue weighted by atomic mass is 35.6. The topological polar surface area (TPSA) is 20.2 Å². The van der Waals surface area contributed by atoms with Crippen molar-refractivity contribution in [1.29, 1.82) is 0 Å². The average Bonchev–Trinajstić information content (AvgIpc) is 2.02. The molecule has 0 aromatic carbocycles. The minimum Gasteiger partial charge on any atom is -0.386 e. The van der Waals surface area contributed by atoms with Gasteiger partial charge in [-0.2, -0.15) is 0 Å². The number of halogens is 3. The molecule has 0 amide bonds. The molecule has 0 fully saturated rings. The molecule has 0 spiro atoms. The van der Waals surface area contributed by atoms with Crippen LogP contribution in [0.3, 0.4) is 0 Å². The van der Waals surface area contributed by atoms with Gasteiger partial charge in [-0.05, 0) is 33.6 Å². The van der Waals surface area contributed by atoms with E-state index in [1.54, 1.807) is 13.0 Å². The zero-order valence-corrected chi connectivity index (χ0v) is 11.7. The first-order chi connectivity index (χ1) is 6.71. The number of alkyl halides is 3. The Bertz CT molecular complexity index is 191. The van der Waals surface area contributed by atoms with Gasteiger partial charge in [-0.25, -0.2) is 0 Å². The molecule has 0 heterocycles. The maximum atomic E-state index is 9.49. The minimum atomic E-state index is -0.750. The number of hydrogen-bond acceptors (Lipinski definition) is 1. The van der Waals surface area contributed by atoms with Crippen molar-refractivity contribution in [3.8, 4) is 0 Å². The van der Waals surface area contributed by atoms with E-state index < -0.39 is 9.90 Å². The van der Waals surface area contributed by atoms with E-state index in [2.05, 4.69) is 26.5 Å². The third-order valence-corrected chi connectivity index (χ3v) is 1.64. The van der Waals surface area contributed by atoms with Crippen molar-refractivity contribution < 1.29 is 5.11 Å². The highest BCUT2D eigenvalue weighted by molar-refractivity contribution is 6.63. The predicted octanol–water partition coefficient (Wildman–Crippen LogP) is 4.66. The summed E-state index contributed by atoms with van der Waals surface area (Å²) >= 11 is 14.4. The molecule has 90 valence electrons. The van der Waals surface area contributed by atoms with Crippen LogP contribution in [0.1, 0.15) is 33.6 Å². The number of aliphatic hydroxyl groups is 1. The highest BCUT2D eigenvalue weighted by Gasteiger charge is 2.12. The molecule has 0 rings (SSSR count). The SMILES string of the molecule is C=CC(C)(O)CCC=C(C)C.ClC(Cl)Cl. The Labute approximate surface area is 108 Å². The second-order valence-electron chi connectivity index (χ2n) is 3.63. The molecule has 1 atom stereocenters. The summed E-state index contributed by atoms with van der Waals surface area (Å²) in [6.07, 6.45) is 5.38. The smallest absolute Gasteiger partial charge is 0.180 e. The van der Waals surface area contributed by atoms with Gasteiger partial charge in [-0.1, -0.05) is 52.5 Å². The molecule has 0 aliphatic heterocycles. The summed E-state index contributed by atoms with van der Waals surface area (Å²) in [4.78, 5) is 0. The van der Waals surface area contributed by atoms with Gasteiger partial charge in [0, 0.05) is 0 Å². The first-order valence-corrected chi connectivity index (χ1v) is 5.93. The van der Waals surface area contributed by atoms with E-state index in [4.69, 9.17) is 34.8 Å². The van der Waals surface area contributed by atoms with E-state index in [-0.39, 0.29) is 0 Å². The van der Waals surface area contributed by atoms with Crippen molar-refractivity contribution >= 4 is 34.8 Å². The Morgan fingerprint density at radius 3 is 2.07 bits per heavy atom. The Hall–Kier alpha value is 0.310. The lowest BCUT2D eigenvalue weighted by molar-refractivity contribution is 0.103. The Balaban J connectivity index is 0. The third kappa shape index (κ3) is 20.4. The number of hydrogen-bond donors (Lipinski definition) is 1. The van der Waals surface area contributed by atoms with E-state index in [0.717, 1.165) is 12.8 Å². The maximum absolute atomic E-state index is 9.49. The molecule has 4 heteroatoms. The lowest BCUT2D eigenvalue weighted by Crippen LogP contribution is -2.19. The standard InChI is InChI=1S/C10H18O.CHCl3/c1-5-10(4,11)8-6-7-9(2)3;2-1(3)4/h5,7,11H,1,6,8H2,2-4H3;1H. The third-order valence-electron chi connectivity index (χ3n) is 1.64. The van der Waals surface area contributed by atoms with Crippen molar-refractivity contribution in [3.05, 3.63) is 24.3 Å². The lowest BCUT2D eigenvalue weighted by atomic mass is 10.00. The van der Waals surface area contributed by atoms with Gasteiger partial charge in [-0.3, -0.25) is 0 Å². The summed E-state index contributed by atoms with van der Waals surface area (Å²) in [5, 5.41) is 9.49. The van der Waals surface area contributed by atoms with E-state index >= 15 is 0 Å². The van der Waals surface area contributed by atoms with Crippen LogP contribution in [0.4, 0.5) is 0 Å². The monoisotopic (exact) mass is 272 g/mol. The molecule has 1 N–H and O–H groups in total. The molecule has 0 bridgehead atoms. The van der Waals surface area contributed by atoms with Gasteiger partial charge in [0.05, 0.1) is 5.60 Å². The van der Waals surface area contributed by atoms with Crippen LogP contribution in [0.2, 0.25) is 0 Å². The second-order valence-corrected chi connectivity index (χ2v) is 5.61. The minimum absolute atomic E-state index is 0.702. The summed E-state index contributed by atoms with van der Waals surface area (Å²) < 4.78 is -0.750. The predicted molar refractivity (Wildman–Crippen MR) is 70.8 cm³/mol. The average molecular weight is 274 g/mol. The van der Waals surface area contributed by atoms with Crippen molar-refractivity contribution in [2.45, 2.75) is 43.5 Å². The summed E-state index contributed by atoms with van der Waals surface area (Å²) in [6.45, 7) is 9.45. The zero-order valence-electron chi connectivity index (χ0n) is 9.43. The van der Waals surface area contributed by atoms with Gasteiger partial charge in [0.1, 0.15) is 0 Å². The first-order valence-electron chi connectivity index (χ1n) is 4.63. The van der Waals surface area contributed by atoms with Crippen LogP contribution in [0.15, 0.2) is 24.3 Å². The Morgan fingerprint density at radius 2 is 1.80 bits per heavy atom. The molecule has 0 saturated heterocycles. The van der Waals surface area contributed by atoms with Gasteiger partial charge in [-0.15, -0.1) is 6.58 Å². The van der Waals surface area contributed by atoms with E-state index in [1.165, 1.54) is 5.57 Å². The summed E-state index contributed by atoms with van der Waals surface area (Å²) in [7, 11) is 0. The van der Waals surface area contributed by atoms with Crippen molar-refractivity contribution in [2.75, 3.05) is 0 Å². The number of rotatable bonds is 4. The maximum Gasteiger partial charge on any atom is 0.180 e. The summed E-state index contributed by atoms with van der Waals surface area (Å²) in [5.41, 5.74) is 0.594. The molecule has 0 aromatic heterocycles. The van der Waals surface area contributed by atoms with E-state index in [9.17, 15) is 5.11 Å². The Kier molecular flexibility index (Phi) is 11.2. The van der Waals surface area contributed by atoms with Crippen molar-refractivity contribution in [1.82, 2.24) is 0 Å². The van der Waals surface area contributed by atoms with Crippen LogP contribution >= 0.6 is 34.8 Å². The van der Waals surface area contributed by atoms with Crippen LogP contribution in [0.25, 0.3) is 0 Å². The molecule has 15 heavy (non-hydrogen) atoms. The van der Waals surface area contributed by atoms with E-state index in [1.807, 2.05) is 0 Å². The number of allylic oxidation sites excluding steroid dienone is 2. The quantitative estimate of drug-likeness (QED) is 0.583.